The first-order chi connectivity index (χ1) is 16.1. The van der Waals surface area contributed by atoms with Crippen LogP contribution in [-0.4, -0.2) is 38.5 Å². The number of rotatable bonds is 20. The van der Waals surface area contributed by atoms with Gasteiger partial charge < -0.3 is 14.2 Å². The summed E-state index contributed by atoms with van der Waals surface area (Å²) in [7, 11) is 0. The Balaban J connectivity index is 0. The molecule has 0 aliphatic carbocycles. The fourth-order valence-electron chi connectivity index (χ4n) is 3.04. The predicted molar refractivity (Wildman–Crippen MR) is 143 cm³/mol. The molecule has 0 aromatic rings. The Bertz CT molecular complexity index is 389. The molecule has 0 saturated carbocycles. The fraction of sp³-hybridized carbons (Fsp3) is 0.897. The van der Waals surface area contributed by atoms with Gasteiger partial charge in [-0.2, -0.15) is 0 Å². The first-order valence-corrected chi connectivity index (χ1v) is 14.1. The second-order valence-corrected chi connectivity index (χ2v) is 8.83. The standard InChI is InChI=1S/C22H42O2.C4H10O.C3H6O/c1-3-5-7-8-9-10-11-12-13-14-15-16-17-18-19-20-22(23)24-21-6-4-2;1-3-5-4-2;1-3-2-4-3/h12-13H,3-11,14-21H2,1-2H3;3-4H2,1-2H3;3H,2H2,1H3/b13-12-;;. The zero-order valence-corrected chi connectivity index (χ0v) is 23.0. The smallest absolute Gasteiger partial charge is 0.305 e. The van der Waals surface area contributed by atoms with E-state index in [1.165, 1.54) is 70.6 Å². The molecule has 1 unspecified atom stereocenters. The number of hydrogen-bond acceptors (Lipinski definition) is 4. The molecule has 0 radical (unpaired) electrons. The van der Waals surface area contributed by atoms with Crippen molar-refractivity contribution in [3.63, 3.8) is 0 Å². The summed E-state index contributed by atoms with van der Waals surface area (Å²) in [5.41, 5.74) is 0. The second kappa shape index (κ2) is 31.1. The van der Waals surface area contributed by atoms with E-state index in [1.54, 1.807) is 0 Å². The van der Waals surface area contributed by atoms with Gasteiger partial charge >= 0.3 is 5.97 Å². The van der Waals surface area contributed by atoms with Crippen molar-refractivity contribution in [1.29, 1.82) is 0 Å². The van der Waals surface area contributed by atoms with E-state index in [9.17, 15) is 4.79 Å². The second-order valence-electron chi connectivity index (χ2n) is 8.83. The van der Waals surface area contributed by atoms with Crippen LogP contribution < -0.4 is 0 Å². The first-order valence-electron chi connectivity index (χ1n) is 14.1. The van der Waals surface area contributed by atoms with E-state index in [4.69, 9.17) is 14.2 Å². The number of epoxide rings is 1. The van der Waals surface area contributed by atoms with Gasteiger partial charge in [0.1, 0.15) is 0 Å². The van der Waals surface area contributed by atoms with Crippen molar-refractivity contribution in [3.05, 3.63) is 12.2 Å². The molecule has 1 aliphatic heterocycles. The van der Waals surface area contributed by atoms with Gasteiger partial charge in [-0.1, -0.05) is 83.8 Å². The number of unbranched alkanes of at least 4 members (excludes halogenated alkanes) is 12. The van der Waals surface area contributed by atoms with Crippen LogP contribution in [0, 0.1) is 0 Å². The third-order valence-electron chi connectivity index (χ3n) is 5.31. The van der Waals surface area contributed by atoms with Crippen molar-refractivity contribution in [3.8, 4) is 0 Å². The summed E-state index contributed by atoms with van der Waals surface area (Å²) in [6.45, 7) is 13.7. The van der Waals surface area contributed by atoms with E-state index in [0.717, 1.165) is 45.5 Å². The van der Waals surface area contributed by atoms with Crippen LogP contribution in [-0.2, 0) is 19.0 Å². The molecule has 4 nitrogen and oxygen atoms in total. The molecule has 1 atom stereocenters. The van der Waals surface area contributed by atoms with Crippen molar-refractivity contribution in [2.24, 2.45) is 0 Å². The highest BCUT2D eigenvalue weighted by molar-refractivity contribution is 5.69. The summed E-state index contributed by atoms with van der Waals surface area (Å²) in [4.78, 5) is 11.4. The lowest BCUT2D eigenvalue weighted by Crippen LogP contribution is -2.05. The van der Waals surface area contributed by atoms with Crippen molar-refractivity contribution in [2.45, 2.75) is 143 Å². The third-order valence-corrected chi connectivity index (χ3v) is 5.31. The summed E-state index contributed by atoms with van der Waals surface area (Å²) >= 11 is 0. The average Bonchev–Trinajstić information content (AvgIpc) is 3.60. The van der Waals surface area contributed by atoms with Crippen LogP contribution in [0.3, 0.4) is 0 Å². The van der Waals surface area contributed by atoms with Crippen LogP contribution in [0.25, 0.3) is 0 Å². The number of carbonyl (C=O) groups is 1. The Labute approximate surface area is 207 Å². The molecule has 0 aromatic carbocycles. The van der Waals surface area contributed by atoms with E-state index in [2.05, 4.69) is 32.9 Å². The summed E-state index contributed by atoms with van der Waals surface area (Å²) in [5, 5.41) is 0. The average molecular weight is 471 g/mol. The number of hydrogen-bond donors (Lipinski definition) is 0. The third kappa shape index (κ3) is 38.7. The minimum Gasteiger partial charge on any atom is -0.466 e. The molecule has 0 bridgehead atoms. The molecule has 1 saturated heterocycles. The molecule has 0 amide bonds. The van der Waals surface area contributed by atoms with Crippen LogP contribution in [0.5, 0.6) is 0 Å². The molecule has 33 heavy (non-hydrogen) atoms. The van der Waals surface area contributed by atoms with Gasteiger partial charge in [-0.25, -0.2) is 0 Å². The normalized spacial score (nSPS) is 14.3. The molecule has 4 heteroatoms. The number of esters is 1. The Morgan fingerprint density at radius 2 is 1.21 bits per heavy atom. The van der Waals surface area contributed by atoms with E-state index < -0.39 is 0 Å². The SMILES string of the molecule is CC1CO1.CCCCCCCC/C=C\CCCCCCCC(=O)OCCCC.CCOCC. The molecule has 0 spiro atoms. The van der Waals surface area contributed by atoms with Crippen molar-refractivity contribution in [2.75, 3.05) is 26.4 Å². The highest BCUT2D eigenvalue weighted by Gasteiger charge is 2.13. The van der Waals surface area contributed by atoms with Gasteiger partial charge in [-0.05, 0) is 59.3 Å². The van der Waals surface area contributed by atoms with Crippen LogP contribution in [0.1, 0.15) is 137 Å². The number of allylic oxidation sites excluding steroid dienone is 2. The Morgan fingerprint density at radius 1 is 0.758 bits per heavy atom. The van der Waals surface area contributed by atoms with Gasteiger partial charge in [0.15, 0.2) is 0 Å². The zero-order chi connectivity index (χ0) is 24.8. The van der Waals surface area contributed by atoms with Crippen LogP contribution in [0.15, 0.2) is 12.2 Å². The lowest BCUT2D eigenvalue weighted by molar-refractivity contribution is -0.143. The first kappa shape index (κ1) is 34.3. The predicted octanol–water partition coefficient (Wildman–Crippen LogP) is 8.82. The molecule has 1 rings (SSSR count). The number of carbonyl (C=O) groups excluding carboxylic acids is 1. The minimum absolute atomic E-state index is 0.0129. The van der Waals surface area contributed by atoms with Gasteiger partial charge in [-0.15, -0.1) is 0 Å². The van der Waals surface area contributed by atoms with E-state index >= 15 is 0 Å². The van der Waals surface area contributed by atoms with Crippen LogP contribution in [0.4, 0.5) is 0 Å². The fourth-order valence-corrected chi connectivity index (χ4v) is 3.04. The highest BCUT2D eigenvalue weighted by atomic mass is 16.6. The zero-order valence-electron chi connectivity index (χ0n) is 23.0. The monoisotopic (exact) mass is 470 g/mol. The molecule has 0 N–H and O–H groups in total. The Kier molecular flexibility index (Phi) is 32.4. The topological polar surface area (TPSA) is 48.1 Å². The molecular formula is C29H58O4. The molecule has 1 heterocycles. The van der Waals surface area contributed by atoms with Gasteiger partial charge in [-0.3, -0.25) is 4.79 Å². The molecule has 0 aromatic heterocycles. The Hall–Kier alpha value is -0.870. The van der Waals surface area contributed by atoms with Crippen molar-refractivity contribution < 1.29 is 19.0 Å². The summed E-state index contributed by atoms with van der Waals surface area (Å²) in [6, 6.07) is 0. The van der Waals surface area contributed by atoms with Gasteiger partial charge in [0.25, 0.3) is 0 Å². The maximum absolute atomic E-state index is 11.4. The van der Waals surface area contributed by atoms with Gasteiger partial charge in [0.05, 0.1) is 19.3 Å². The van der Waals surface area contributed by atoms with E-state index in [-0.39, 0.29) is 5.97 Å². The maximum Gasteiger partial charge on any atom is 0.305 e. The summed E-state index contributed by atoms with van der Waals surface area (Å²) in [6.07, 6.45) is 24.7. The largest absolute Gasteiger partial charge is 0.466 e. The molecule has 198 valence electrons. The maximum atomic E-state index is 11.4. The minimum atomic E-state index is -0.0129. The summed E-state index contributed by atoms with van der Waals surface area (Å²) in [5.74, 6) is -0.0129. The molecule has 1 fully saturated rings. The van der Waals surface area contributed by atoms with E-state index in [0.29, 0.717) is 19.1 Å². The molecular weight excluding hydrogens is 412 g/mol. The highest BCUT2D eigenvalue weighted by Crippen LogP contribution is 2.10. The number of ether oxygens (including phenoxy) is 3. The van der Waals surface area contributed by atoms with Crippen LogP contribution in [0.2, 0.25) is 0 Å². The van der Waals surface area contributed by atoms with Crippen molar-refractivity contribution in [1.82, 2.24) is 0 Å². The van der Waals surface area contributed by atoms with Gasteiger partial charge in [0.2, 0.25) is 0 Å². The molecule has 1 aliphatic rings. The lowest BCUT2D eigenvalue weighted by atomic mass is 10.1. The Morgan fingerprint density at radius 3 is 1.64 bits per heavy atom. The van der Waals surface area contributed by atoms with Gasteiger partial charge in [0, 0.05) is 19.6 Å². The van der Waals surface area contributed by atoms with Crippen LogP contribution >= 0.6 is 0 Å². The van der Waals surface area contributed by atoms with E-state index in [1.807, 2.05) is 13.8 Å². The summed E-state index contributed by atoms with van der Waals surface area (Å²) < 4.78 is 14.7. The van der Waals surface area contributed by atoms with Crippen molar-refractivity contribution >= 4 is 5.97 Å². The quantitative estimate of drug-likeness (QED) is 0.0771. The lowest BCUT2D eigenvalue weighted by Gasteiger charge is -2.03.